The highest BCUT2D eigenvalue weighted by atomic mass is 32.2. The van der Waals surface area contributed by atoms with Crippen molar-refractivity contribution < 1.29 is 5.11 Å². The number of aliphatic hydroxyl groups excluding tert-OH is 1. The summed E-state index contributed by atoms with van der Waals surface area (Å²) in [7, 11) is 0. The maximum atomic E-state index is 10.3. The Labute approximate surface area is 91.6 Å². The van der Waals surface area contributed by atoms with Gasteiger partial charge in [0.1, 0.15) is 0 Å². The van der Waals surface area contributed by atoms with Crippen LogP contribution in [0.1, 0.15) is 33.1 Å². The normalized spacial score (nSPS) is 36.2. The molecule has 0 aliphatic heterocycles. The molecule has 2 nitrogen and oxygen atoms in total. The predicted molar refractivity (Wildman–Crippen MR) is 63.5 cm³/mol. The molecular weight excluding hydrogens is 194 g/mol. The Kier molecular flexibility index (Phi) is 3.89. The molecule has 1 fully saturated rings. The van der Waals surface area contributed by atoms with Crippen LogP contribution in [-0.2, 0) is 0 Å². The number of nitrogens with two attached hydrogens (primary N) is 1. The van der Waals surface area contributed by atoms with Crippen LogP contribution >= 0.6 is 11.8 Å². The van der Waals surface area contributed by atoms with E-state index in [0.717, 1.165) is 25.0 Å². The lowest BCUT2D eigenvalue weighted by atomic mass is 9.76. The van der Waals surface area contributed by atoms with Crippen LogP contribution in [0.2, 0.25) is 0 Å². The Morgan fingerprint density at radius 1 is 1.43 bits per heavy atom. The van der Waals surface area contributed by atoms with Crippen LogP contribution in [0.3, 0.4) is 0 Å². The van der Waals surface area contributed by atoms with E-state index >= 15 is 0 Å². The Bertz CT molecular complexity index is 196. The first-order valence-electron chi connectivity index (χ1n) is 5.35. The number of rotatable bonds is 4. The lowest BCUT2D eigenvalue weighted by Crippen LogP contribution is -2.43. The number of hydrogen-bond acceptors (Lipinski definition) is 3. The van der Waals surface area contributed by atoms with Gasteiger partial charge < -0.3 is 10.8 Å². The molecule has 14 heavy (non-hydrogen) atoms. The quantitative estimate of drug-likeness (QED) is 0.755. The van der Waals surface area contributed by atoms with Crippen LogP contribution in [-0.4, -0.2) is 29.8 Å². The Morgan fingerprint density at radius 3 is 2.43 bits per heavy atom. The summed E-state index contributed by atoms with van der Waals surface area (Å²) < 4.78 is 0. The van der Waals surface area contributed by atoms with E-state index in [1.165, 1.54) is 0 Å². The Morgan fingerprint density at radius 2 is 2.07 bits per heavy atom. The van der Waals surface area contributed by atoms with Crippen LogP contribution in [0.4, 0.5) is 0 Å². The maximum absolute atomic E-state index is 10.3. The molecule has 0 aromatic rings. The summed E-state index contributed by atoms with van der Waals surface area (Å²) >= 11 is 1.84. The molecule has 0 amide bonds. The van der Waals surface area contributed by atoms with Gasteiger partial charge in [-0.15, -0.1) is 0 Å². The van der Waals surface area contributed by atoms with Crippen LogP contribution in [0.15, 0.2) is 0 Å². The zero-order valence-corrected chi connectivity index (χ0v) is 10.4. The van der Waals surface area contributed by atoms with Gasteiger partial charge in [-0.2, -0.15) is 11.8 Å². The summed E-state index contributed by atoms with van der Waals surface area (Å²) in [5.74, 6) is 1.10. The van der Waals surface area contributed by atoms with Gasteiger partial charge in [0.25, 0.3) is 0 Å². The second-order valence-corrected chi connectivity index (χ2v) is 6.19. The largest absolute Gasteiger partial charge is 0.392 e. The lowest BCUT2D eigenvalue weighted by Gasteiger charge is -2.35. The fourth-order valence-electron chi connectivity index (χ4n) is 2.56. The van der Waals surface area contributed by atoms with Crippen molar-refractivity contribution in [3.05, 3.63) is 0 Å². The topological polar surface area (TPSA) is 46.2 Å². The molecule has 2 atom stereocenters. The summed E-state index contributed by atoms with van der Waals surface area (Å²) in [6, 6.07) is 0. The fraction of sp³-hybridized carbons (Fsp3) is 1.00. The molecule has 84 valence electrons. The highest BCUT2D eigenvalue weighted by Gasteiger charge is 2.50. The van der Waals surface area contributed by atoms with Crippen molar-refractivity contribution in [1.29, 1.82) is 0 Å². The summed E-state index contributed by atoms with van der Waals surface area (Å²) in [6.07, 6.45) is 5.11. The molecule has 0 spiro atoms. The molecule has 1 saturated carbocycles. The first kappa shape index (κ1) is 12.3. The van der Waals surface area contributed by atoms with Crippen LogP contribution < -0.4 is 5.73 Å². The second-order valence-electron chi connectivity index (χ2n) is 5.20. The van der Waals surface area contributed by atoms with Gasteiger partial charge in [-0.25, -0.2) is 0 Å². The zero-order chi connectivity index (χ0) is 10.8. The smallest absolute Gasteiger partial charge is 0.0659 e. The average Bonchev–Trinajstić information content (AvgIpc) is 2.39. The number of aliphatic hydroxyl groups is 1. The molecule has 0 radical (unpaired) electrons. The van der Waals surface area contributed by atoms with Crippen molar-refractivity contribution >= 4 is 11.8 Å². The van der Waals surface area contributed by atoms with E-state index in [1.54, 1.807) is 0 Å². The van der Waals surface area contributed by atoms with E-state index in [2.05, 4.69) is 20.1 Å². The molecule has 0 aromatic carbocycles. The standard InChI is InChI=1S/C11H23NOS/c1-10(2)4-5-11(8-12,9(10)13)6-7-14-3/h9,13H,4-8,12H2,1-3H3. The van der Waals surface area contributed by atoms with Crippen LogP contribution in [0, 0.1) is 10.8 Å². The summed E-state index contributed by atoms with van der Waals surface area (Å²) in [4.78, 5) is 0. The van der Waals surface area contributed by atoms with Crippen molar-refractivity contribution in [2.24, 2.45) is 16.6 Å². The highest BCUT2D eigenvalue weighted by molar-refractivity contribution is 7.98. The van der Waals surface area contributed by atoms with Crippen molar-refractivity contribution in [1.82, 2.24) is 0 Å². The fourth-order valence-corrected chi connectivity index (χ4v) is 3.17. The number of hydrogen-bond donors (Lipinski definition) is 2. The van der Waals surface area contributed by atoms with E-state index in [-0.39, 0.29) is 16.9 Å². The van der Waals surface area contributed by atoms with Gasteiger partial charge in [0.15, 0.2) is 0 Å². The molecule has 0 bridgehead atoms. The van der Waals surface area contributed by atoms with Crippen molar-refractivity contribution in [2.75, 3.05) is 18.6 Å². The molecule has 1 rings (SSSR count). The monoisotopic (exact) mass is 217 g/mol. The molecule has 0 aromatic heterocycles. The molecular formula is C11H23NOS. The highest BCUT2D eigenvalue weighted by Crippen LogP contribution is 2.50. The summed E-state index contributed by atoms with van der Waals surface area (Å²) in [5, 5.41) is 10.3. The minimum Gasteiger partial charge on any atom is -0.392 e. The minimum absolute atomic E-state index is 0.00743. The van der Waals surface area contributed by atoms with Gasteiger partial charge >= 0.3 is 0 Å². The average molecular weight is 217 g/mol. The lowest BCUT2D eigenvalue weighted by molar-refractivity contribution is -0.00606. The van der Waals surface area contributed by atoms with Crippen LogP contribution in [0.25, 0.3) is 0 Å². The predicted octanol–water partition coefficient (Wildman–Crippen LogP) is 1.87. The van der Waals surface area contributed by atoms with Gasteiger partial charge in [-0.05, 0) is 36.7 Å². The zero-order valence-electron chi connectivity index (χ0n) is 9.55. The molecule has 3 heteroatoms. The van der Waals surface area contributed by atoms with Gasteiger partial charge in [0.05, 0.1) is 6.10 Å². The molecule has 0 heterocycles. The minimum atomic E-state index is -0.229. The van der Waals surface area contributed by atoms with Gasteiger partial charge in [0, 0.05) is 12.0 Å². The van der Waals surface area contributed by atoms with Crippen molar-refractivity contribution in [2.45, 2.75) is 39.2 Å². The molecule has 2 unspecified atom stereocenters. The molecule has 3 N–H and O–H groups in total. The Hall–Kier alpha value is 0.270. The third-order valence-corrected chi connectivity index (χ3v) is 4.41. The molecule has 1 aliphatic rings. The van der Waals surface area contributed by atoms with Gasteiger partial charge in [-0.3, -0.25) is 0 Å². The summed E-state index contributed by atoms with van der Waals surface area (Å²) in [6.45, 7) is 4.92. The van der Waals surface area contributed by atoms with Gasteiger partial charge in [-0.1, -0.05) is 13.8 Å². The van der Waals surface area contributed by atoms with Crippen LogP contribution in [0.5, 0.6) is 0 Å². The molecule has 0 saturated heterocycles. The van der Waals surface area contributed by atoms with Crippen molar-refractivity contribution in [3.63, 3.8) is 0 Å². The third kappa shape index (κ3) is 2.10. The van der Waals surface area contributed by atoms with E-state index < -0.39 is 0 Å². The van der Waals surface area contributed by atoms with E-state index in [1.807, 2.05) is 11.8 Å². The SMILES string of the molecule is CSCCC1(CN)CCC(C)(C)C1O. The maximum Gasteiger partial charge on any atom is 0.0659 e. The first-order valence-corrected chi connectivity index (χ1v) is 6.75. The van der Waals surface area contributed by atoms with E-state index in [4.69, 9.17) is 5.73 Å². The summed E-state index contributed by atoms with van der Waals surface area (Å²) in [5.41, 5.74) is 5.90. The third-order valence-electron chi connectivity index (χ3n) is 3.80. The first-order chi connectivity index (χ1) is 6.48. The van der Waals surface area contributed by atoms with Gasteiger partial charge in [0.2, 0.25) is 0 Å². The van der Waals surface area contributed by atoms with Crippen molar-refractivity contribution in [3.8, 4) is 0 Å². The van der Waals surface area contributed by atoms with E-state index in [9.17, 15) is 5.11 Å². The second kappa shape index (κ2) is 4.42. The molecule has 1 aliphatic carbocycles. The van der Waals surface area contributed by atoms with E-state index in [0.29, 0.717) is 6.54 Å². The number of thioether (sulfide) groups is 1. The Balaban J connectivity index is 2.71.